The molecule has 106 valence electrons. The van der Waals surface area contributed by atoms with Crippen LogP contribution in [-0.4, -0.2) is 23.6 Å². The van der Waals surface area contributed by atoms with E-state index in [1.807, 2.05) is 6.07 Å². The van der Waals surface area contributed by atoms with Crippen LogP contribution in [0.1, 0.15) is 5.76 Å². The van der Waals surface area contributed by atoms with E-state index in [4.69, 9.17) is 10.2 Å². The Hall–Kier alpha value is -1.95. The van der Waals surface area contributed by atoms with Crippen LogP contribution in [0.5, 0.6) is 0 Å². The number of nitrogens with two attached hydrogens (primary N) is 1. The molecule has 2 N–H and O–H groups in total. The maximum atomic E-state index is 13.1. The third kappa shape index (κ3) is 3.77. The first kappa shape index (κ1) is 14.5. The first-order valence-electron chi connectivity index (χ1n) is 6.00. The van der Waals surface area contributed by atoms with Gasteiger partial charge < -0.3 is 15.1 Å². The Balaban J connectivity index is 1.89. The molecule has 1 heterocycles. The van der Waals surface area contributed by atoms with Crippen LogP contribution in [0.3, 0.4) is 0 Å². The second-order valence-corrected chi connectivity index (χ2v) is 5.32. The summed E-state index contributed by atoms with van der Waals surface area (Å²) in [5, 5.41) is 0. The average molecular weight is 294 g/mol. The molecule has 0 saturated carbocycles. The largest absolute Gasteiger partial charge is 0.467 e. The smallest absolute Gasteiger partial charge is 0.233 e. The van der Waals surface area contributed by atoms with Crippen LogP contribution in [0, 0.1) is 5.82 Å². The van der Waals surface area contributed by atoms with Crippen molar-refractivity contribution in [1.29, 1.82) is 0 Å². The van der Waals surface area contributed by atoms with Crippen LogP contribution in [-0.2, 0) is 11.3 Å². The topological polar surface area (TPSA) is 59.5 Å². The predicted octanol–water partition coefficient (Wildman–Crippen LogP) is 2.75. The summed E-state index contributed by atoms with van der Waals surface area (Å²) in [4.78, 5) is 14.1. The summed E-state index contributed by atoms with van der Waals surface area (Å²) in [5.74, 6) is 0.481. The minimum absolute atomic E-state index is 0.0740. The SMILES string of the molecule is CN(Cc1ccco1)C(=O)CSc1cc(F)ccc1N. The number of thioether (sulfide) groups is 1. The molecule has 4 nitrogen and oxygen atoms in total. The highest BCUT2D eigenvalue weighted by Gasteiger charge is 2.12. The molecule has 0 aliphatic heterocycles. The van der Waals surface area contributed by atoms with Crippen molar-refractivity contribution in [2.24, 2.45) is 0 Å². The van der Waals surface area contributed by atoms with Crippen molar-refractivity contribution < 1.29 is 13.6 Å². The molecular formula is C14H15FN2O2S. The van der Waals surface area contributed by atoms with Gasteiger partial charge in [0.05, 0.1) is 18.6 Å². The average Bonchev–Trinajstić information content (AvgIpc) is 2.92. The molecule has 0 radical (unpaired) electrons. The molecule has 20 heavy (non-hydrogen) atoms. The summed E-state index contributed by atoms with van der Waals surface area (Å²) in [7, 11) is 1.69. The van der Waals surface area contributed by atoms with Crippen LogP contribution in [0.4, 0.5) is 10.1 Å². The lowest BCUT2D eigenvalue weighted by molar-refractivity contribution is -0.127. The van der Waals surface area contributed by atoms with Gasteiger partial charge in [-0.05, 0) is 30.3 Å². The summed E-state index contributed by atoms with van der Waals surface area (Å²) in [6, 6.07) is 7.70. The summed E-state index contributed by atoms with van der Waals surface area (Å²) in [5.41, 5.74) is 6.20. The van der Waals surface area contributed by atoms with Gasteiger partial charge in [-0.3, -0.25) is 4.79 Å². The van der Waals surface area contributed by atoms with E-state index in [2.05, 4.69) is 0 Å². The number of anilines is 1. The summed E-state index contributed by atoms with van der Waals surface area (Å²) >= 11 is 1.22. The number of nitrogens with zero attached hydrogens (tertiary/aromatic N) is 1. The van der Waals surface area contributed by atoms with Gasteiger partial charge in [-0.25, -0.2) is 4.39 Å². The van der Waals surface area contributed by atoms with Gasteiger partial charge in [-0.2, -0.15) is 0 Å². The lowest BCUT2D eigenvalue weighted by atomic mass is 10.3. The van der Waals surface area contributed by atoms with Gasteiger partial charge in [-0.1, -0.05) is 0 Å². The Kier molecular flexibility index (Phi) is 4.68. The number of halogens is 1. The van der Waals surface area contributed by atoms with Crippen molar-refractivity contribution >= 4 is 23.4 Å². The van der Waals surface area contributed by atoms with Gasteiger partial charge in [-0.15, -0.1) is 11.8 Å². The second-order valence-electron chi connectivity index (χ2n) is 4.30. The molecule has 6 heteroatoms. The number of hydrogen-bond acceptors (Lipinski definition) is 4. The number of carbonyl (C=O) groups excluding carboxylic acids is 1. The molecule has 0 aliphatic carbocycles. The molecule has 1 aromatic carbocycles. The van der Waals surface area contributed by atoms with E-state index in [9.17, 15) is 9.18 Å². The lowest BCUT2D eigenvalue weighted by Crippen LogP contribution is -2.27. The van der Waals surface area contributed by atoms with Crippen molar-refractivity contribution in [3.63, 3.8) is 0 Å². The van der Waals surface area contributed by atoms with Gasteiger partial charge >= 0.3 is 0 Å². The number of benzene rings is 1. The molecule has 1 amide bonds. The second kappa shape index (κ2) is 6.47. The molecule has 0 spiro atoms. The Morgan fingerprint density at radius 1 is 1.45 bits per heavy atom. The molecule has 0 fully saturated rings. The number of hydrogen-bond donors (Lipinski definition) is 1. The summed E-state index contributed by atoms with van der Waals surface area (Å²) in [6.07, 6.45) is 1.57. The van der Waals surface area contributed by atoms with E-state index in [0.717, 1.165) is 5.76 Å². The number of rotatable bonds is 5. The minimum Gasteiger partial charge on any atom is -0.467 e. The van der Waals surface area contributed by atoms with E-state index in [-0.39, 0.29) is 17.5 Å². The van der Waals surface area contributed by atoms with Crippen LogP contribution < -0.4 is 5.73 Å². The van der Waals surface area contributed by atoms with Gasteiger partial charge in [0.25, 0.3) is 0 Å². The van der Waals surface area contributed by atoms with E-state index in [0.29, 0.717) is 17.1 Å². The van der Waals surface area contributed by atoms with Crippen LogP contribution >= 0.6 is 11.8 Å². The molecule has 0 atom stereocenters. The molecule has 0 unspecified atom stereocenters. The molecule has 0 saturated heterocycles. The van der Waals surface area contributed by atoms with Gasteiger partial charge in [0.1, 0.15) is 11.6 Å². The van der Waals surface area contributed by atoms with E-state index in [1.165, 1.54) is 30.0 Å². The zero-order valence-corrected chi connectivity index (χ0v) is 11.8. The standard InChI is InChI=1S/C14H15FN2O2S/c1-17(8-11-3-2-6-19-11)14(18)9-20-13-7-10(15)4-5-12(13)16/h2-7H,8-9,16H2,1H3. The maximum absolute atomic E-state index is 13.1. The van der Waals surface area contributed by atoms with Gasteiger partial charge in [0.2, 0.25) is 5.91 Å². The van der Waals surface area contributed by atoms with Crippen LogP contribution in [0.15, 0.2) is 45.9 Å². The molecular weight excluding hydrogens is 279 g/mol. The predicted molar refractivity (Wildman–Crippen MR) is 76.7 cm³/mol. The number of furan rings is 1. The first-order chi connectivity index (χ1) is 9.56. The number of nitrogen functional groups attached to an aromatic ring is 1. The highest BCUT2D eigenvalue weighted by atomic mass is 32.2. The quantitative estimate of drug-likeness (QED) is 0.680. The van der Waals surface area contributed by atoms with Crippen LogP contribution in [0.2, 0.25) is 0 Å². The Morgan fingerprint density at radius 2 is 2.25 bits per heavy atom. The van der Waals surface area contributed by atoms with E-state index in [1.54, 1.807) is 24.3 Å². The molecule has 2 aromatic rings. The lowest BCUT2D eigenvalue weighted by Gasteiger charge is -2.15. The molecule has 0 aliphatic rings. The van der Waals surface area contributed by atoms with Crippen molar-refractivity contribution in [2.45, 2.75) is 11.4 Å². The highest BCUT2D eigenvalue weighted by molar-refractivity contribution is 8.00. The number of carbonyl (C=O) groups is 1. The van der Waals surface area contributed by atoms with E-state index < -0.39 is 0 Å². The normalized spacial score (nSPS) is 10.5. The zero-order chi connectivity index (χ0) is 14.5. The third-order valence-corrected chi connectivity index (χ3v) is 3.78. The van der Waals surface area contributed by atoms with Gasteiger partial charge in [0, 0.05) is 17.6 Å². The Labute approximate surface area is 120 Å². The fraction of sp³-hybridized carbons (Fsp3) is 0.214. The minimum atomic E-state index is -0.363. The van der Waals surface area contributed by atoms with Crippen molar-refractivity contribution in [2.75, 3.05) is 18.5 Å². The highest BCUT2D eigenvalue weighted by Crippen LogP contribution is 2.26. The zero-order valence-electron chi connectivity index (χ0n) is 11.0. The molecule has 1 aromatic heterocycles. The molecule has 2 rings (SSSR count). The Bertz CT molecular complexity index is 587. The van der Waals surface area contributed by atoms with Crippen molar-refractivity contribution in [3.05, 3.63) is 48.2 Å². The number of amides is 1. The fourth-order valence-corrected chi connectivity index (χ4v) is 2.54. The van der Waals surface area contributed by atoms with Crippen molar-refractivity contribution in [1.82, 2.24) is 4.90 Å². The van der Waals surface area contributed by atoms with Crippen molar-refractivity contribution in [3.8, 4) is 0 Å². The van der Waals surface area contributed by atoms with Crippen LogP contribution in [0.25, 0.3) is 0 Å². The van der Waals surface area contributed by atoms with Gasteiger partial charge in [0.15, 0.2) is 0 Å². The summed E-state index contributed by atoms with van der Waals surface area (Å²) < 4.78 is 18.3. The fourth-order valence-electron chi connectivity index (χ4n) is 1.61. The first-order valence-corrected chi connectivity index (χ1v) is 6.99. The monoisotopic (exact) mass is 294 g/mol. The summed E-state index contributed by atoms with van der Waals surface area (Å²) in [6.45, 7) is 0.408. The maximum Gasteiger partial charge on any atom is 0.233 e. The molecule has 0 bridgehead atoms. The Morgan fingerprint density at radius 3 is 2.95 bits per heavy atom. The third-order valence-electron chi connectivity index (χ3n) is 2.73. The van der Waals surface area contributed by atoms with E-state index >= 15 is 0 Å².